The van der Waals surface area contributed by atoms with E-state index in [1.807, 2.05) is 37.3 Å². The van der Waals surface area contributed by atoms with Crippen LogP contribution in [0.1, 0.15) is 18.5 Å². The van der Waals surface area contributed by atoms with Crippen molar-refractivity contribution in [3.8, 4) is 0 Å². The van der Waals surface area contributed by atoms with Crippen molar-refractivity contribution in [3.63, 3.8) is 0 Å². The van der Waals surface area contributed by atoms with Gasteiger partial charge in [-0.3, -0.25) is 9.59 Å². The summed E-state index contributed by atoms with van der Waals surface area (Å²) in [5, 5.41) is 5.08. The molecule has 2 N–H and O–H groups in total. The van der Waals surface area contributed by atoms with Gasteiger partial charge in [0.25, 0.3) is 0 Å². The Kier molecular flexibility index (Phi) is 4.34. The van der Waals surface area contributed by atoms with E-state index in [1.54, 1.807) is 0 Å². The van der Waals surface area contributed by atoms with Crippen LogP contribution in [0.4, 0.5) is 0 Å². The Morgan fingerprint density at radius 1 is 1.40 bits per heavy atom. The van der Waals surface area contributed by atoms with Crippen LogP contribution in [0.3, 0.4) is 0 Å². The lowest BCUT2D eigenvalue weighted by atomic mass is 10.1. The number of amides is 2. The molecule has 0 radical (unpaired) electrons. The van der Waals surface area contributed by atoms with E-state index in [2.05, 4.69) is 10.6 Å². The fraction of sp³-hybridized carbons (Fsp3) is 0.273. The number of nitrogens with one attached hydrogen (secondary N) is 2. The average molecular weight is 206 g/mol. The van der Waals surface area contributed by atoms with Gasteiger partial charge in [-0.1, -0.05) is 30.3 Å². The Hall–Kier alpha value is -1.84. The SMILES string of the molecule is CC(NC(=O)CNC=O)c1ccccc1. The molecule has 4 nitrogen and oxygen atoms in total. The predicted octanol–water partition coefficient (Wildman–Crippen LogP) is 0.610. The molecule has 4 heteroatoms. The van der Waals surface area contributed by atoms with Gasteiger partial charge < -0.3 is 10.6 Å². The fourth-order valence-electron chi connectivity index (χ4n) is 1.25. The first-order valence-corrected chi connectivity index (χ1v) is 4.75. The third-order valence-corrected chi connectivity index (χ3v) is 2.02. The van der Waals surface area contributed by atoms with Gasteiger partial charge in [0.15, 0.2) is 0 Å². The van der Waals surface area contributed by atoms with Crippen LogP contribution < -0.4 is 10.6 Å². The van der Waals surface area contributed by atoms with Gasteiger partial charge in [-0.15, -0.1) is 0 Å². The van der Waals surface area contributed by atoms with E-state index in [1.165, 1.54) is 0 Å². The first kappa shape index (κ1) is 11.2. The third kappa shape index (κ3) is 3.81. The van der Waals surface area contributed by atoms with E-state index < -0.39 is 0 Å². The minimum atomic E-state index is -0.196. The third-order valence-electron chi connectivity index (χ3n) is 2.02. The maximum atomic E-state index is 11.3. The maximum absolute atomic E-state index is 11.3. The molecule has 0 aromatic heterocycles. The smallest absolute Gasteiger partial charge is 0.239 e. The number of rotatable bonds is 5. The van der Waals surface area contributed by atoms with Crippen molar-refractivity contribution in [3.05, 3.63) is 35.9 Å². The Labute approximate surface area is 88.7 Å². The van der Waals surface area contributed by atoms with Crippen LogP contribution in [0, 0.1) is 0 Å². The van der Waals surface area contributed by atoms with Crippen LogP contribution in [0.5, 0.6) is 0 Å². The van der Waals surface area contributed by atoms with Crippen molar-refractivity contribution in [1.29, 1.82) is 0 Å². The molecule has 80 valence electrons. The van der Waals surface area contributed by atoms with Crippen molar-refractivity contribution in [1.82, 2.24) is 10.6 Å². The van der Waals surface area contributed by atoms with Crippen molar-refractivity contribution >= 4 is 12.3 Å². The lowest BCUT2D eigenvalue weighted by Gasteiger charge is -2.13. The Balaban J connectivity index is 2.45. The van der Waals surface area contributed by atoms with Gasteiger partial charge in [-0.25, -0.2) is 0 Å². The van der Waals surface area contributed by atoms with Gasteiger partial charge in [0, 0.05) is 0 Å². The summed E-state index contributed by atoms with van der Waals surface area (Å²) in [5.41, 5.74) is 1.04. The number of hydrogen-bond acceptors (Lipinski definition) is 2. The molecule has 0 heterocycles. The number of hydrogen-bond donors (Lipinski definition) is 2. The molecule has 2 amide bonds. The normalized spacial score (nSPS) is 11.5. The molecule has 0 aliphatic heterocycles. The molecule has 15 heavy (non-hydrogen) atoms. The van der Waals surface area contributed by atoms with E-state index in [4.69, 9.17) is 0 Å². The molecule has 1 aromatic carbocycles. The van der Waals surface area contributed by atoms with Gasteiger partial charge in [0.1, 0.15) is 0 Å². The largest absolute Gasteiger partial charge is 0.350 e. The molecule has 1 aromatic rings. The van der Waals surface area contributed by atoms with Crippen LogP contribution in [-0.4, -0.2) is 18.9 Å². The van der Waals surface area contributed by atoms with Crippen LogP contribution in [0.2, 0.25) is 0 Å². The molecular weight excluding hydrogens is 192 g/mol. The van der Waals surface area contributed by atoms with Gasteiger partial charge in [0.2, 0.25) is 12.3 Å². The van der Waals surface area contributed by atoms with E-state index in [0.29, 0.717) is 6.41 Å². The van der Waals surface area contributed by atoms with Crippen LogP contribution in [0.15, 0.2) is 30.3 Å². The lowest BCUT2D eigenvalue weighted by molar-refractivity contribution is -0.122. The van der Waals surface area contributed by atoms with E-state index in [0.717, 1.165) is 5.56 Å². The van der Waals surface area contributed by atoms with Crippen molar-refractivity contribution in [2.24, 2.45) is 0 Å². The first-order chi connectivity index (χ1) is 7.24. The zero-order valence-electron chi connectivity index (χ0n) is 8.57. The van der Waals surface area contributed by atoms with Crippen LogP contribution in [0.25, 0.3) is 0 Å². The highest BCUT2D eigenvalue weighted by Gasteiger charge is 2.07. The van der Waals surface area contributed by atoms with Gasteiger partial charge in [-0.2, -0.15) is 0 Å². The second-order valence-electron chi connectivity index (χ2n) is 3.20. The summed E-state index contributed by atoms with van der Waals surface area (Å²) in [6.45, 7) is 1.91. The zero-order chi connectivity index (χ0) is 11.1. The summed E-state index contributed by atoms with van der Waals surface area (Å²) in [4.78, 5) is 21.2. The molecule has 1 atom stereocenters. The molecule has 0 aliphatic carbocycles. The number of carbonyl (C=O) groups is 2. The zero-order valence-corrected chi connectivity index (χ0v) is 8.57. The highest BCUT2D eigenvalue weighted by Crippen LogP contribution is 2.10. The minimum absolute atomic E-state index is 0.0146. The molecule has 1 unspecified atom stereocenters. The molecule has 0 saturated heterocycles. The average Bonchev–Trinajstić information content (AvgIpc) is 2.27. The van der Waals surface area contributed by atoms with Gasteiger partial charge in [-0.05, 0) is 12.5 Å². The quantitative estimate of drug-likeness (QED) is 0.693. The molecular formula is C11H14N2O2. The molecule has 0 bridgehead atoms. The van der Waals surface area contributed by atoms with E-state index in [-0.39, 0.29) is 18.5 Å². The van der Waals surface area contributed by atoms with Crippen LogP contribution in [-0.2, 0) is 9.59 Å². The number of benzene rings is 1. The van der Waals surface area contributed by atoms with Gasteiger partial charge >= 0.3 is 0 Å². The molecule has 0 saturated carbocycles. The summed E-state index contributed by atoms with van der Waals surface area (Å²) in [6.07, 6.45) is 0.507. The summed E-state index contributed by atoms with van der Waals surface area (Å²) in [6, 6.07) is 9.60. The first-order valence-electron chi connectivity index (χ1n) is 4.75. The summed E-state index contributed by atoms with van der Waals surface area (Å²) < 4.78 is 0. The molecule has 0 spiro atoms. The highest BCUT2D eigenvalue weighted by molar-refractivity contribution is 5.80. The Morgan fingerprint density at radius 2 is 2.07 bits per heavy atom. The predicted molar refractivity (Wildman–Crippen MR) is 57.1 cm³/mol. The maximum Gasteiger partial charge on any atom is 0.239 e. The van der Waals surface area contributed by atoms with E-state index in [9.17, 15) is 9.59 Å². The lowest BCUT2D eigenvalue weighted by Crippen LogP contribution is -2.34. The highest BCUT2D eigenvalue weighted by atomic mass is 16.2. The second kappa shape index (κ2) is 5.80. The van der Waals surface area contributed by atoms with Gasteiger partial charge in [0.05, 0.1) is 12.6 Å². The summed E-state index contributed by atoms with van der Waals surface area (Å²) in [7, 11) is 0. The Morgan fingerprint density at radius 3 is 2.67 bits per heavy atom. The van der Waals surface area contributed by atoms with Crippen LogP contribution >= 0.6 is 0 Å². The standard InChI is InChI=1S/C11H14N2O2/c1-9(10-5-3-2-4-6-10)13-11(15)7-12-8-14/h2-6,8-9H,7H2,1H3,(H,12,14)(H,13,15). The second-order valence-corrected chi connectivity index (χ2v) is 3.20. The molecule has 0 aliphatic rings. The van der Waals surface area contributed by atoms with Crippen molar-refractivity contribution < 1.29 is 9.59 Å². The molecule has 0 fully saturated rings. The summed E-state index contributed by atoms with van der Waals surface area (Å²) in [5.74, 6) is -0.196. The summed E-state index contributed by atoms with van der Waals surface area (Å²) >= 11 is 0. The monoisotopic (exact) mass is 206 g/mol. The molecule has 1 rings (SSSR count). The number of carbonyl (C=O) groups excluding carboxylic acids is 2. The Bertz CT molecular complexity index is 325. The van der Waals surface area contributed by atoms with Crippen molar-refractivity contribution in [2.75, 3.05) is 6.54 Å². The minimum Gasteiger partial charge on any atom is -0.350 e. The topological polar surface area (TPSA) is 58.2 Å². The fourth-order valence-corrected chi connectivity index (χ4v) is 1.25. The van der Waals surface area contributed by atoms with Crippen molar-refractivity contribution in [2.45, 2.75) is 13.0 Å². The van der Waals surface area contributed by atoms with E-state index >= 15 is 0 Å².